The van der Waals surface area contributed by atoms with Gasteiger partial charge in [-0.25, -0.2) is 0 Å². The Morgan fingerprint density at radius 3 is 2.90 bits per heavy atom. The van der Waals surface area contributed by atoms with Crippen molar-refractivity contribution >= 4 is 22.8 Å². The number of para-hydroxylation sites is 1. The Bertz CT molecular complexity index is 1140. The van der Waals surface area contributed by atoms with Gasteiger partial charge >= 0.3 is 0 Å². The fraction of sp³-hybridized carbons (Fsp3) is 0.320. The van der Waals surface area contributed by atoms with E-state index in [9.17, 15) is 9.90 Å². The minimum Gasteiger partial charge on any atom is -0.507 e. The van der Waals surface area contributed by atoms with Crippen LogP contribution < -0.4 is 4.74 Å². The predicted molar refractivity (Wildman–Crippen MR) is 116 cm³/mol. The van der Waals surface area contributed by atoms with Crippen molar-refractivity contribution < 1.29 is 19.1 Å². The van der Waals surface area contributed by atoms with Crippen LogP contribution in [0.5, 0.6) is 11.5 Å². The largest absolute Gasteiger partial charge is 0.507 e. The zero-order chi connectivity index (χ0) is 20.8. The third-order valence-electron chi connectivity index (χ3n) is 6.06. The molecule has 0 radical (unpaired) electrons. The van der Waals surface area contributed by atoms with Gasteiger partial charge in [-0.2, -0.15) is 0 Å². The van der Waals surface area contributed by atoms with Crippen LogP contribution in [0, 0.1) is 12.8 Å². The highest BCUT2D eigenvalue weighted by molar-refractivity contribution is 6.15. The van der Waals surface area contributed by atoms with E-state index in [1.54, 1.807) is 12.1 Å². The first-order valence-corrected chi connectivity index (χ1v) is 10.5. The van der Waals surface area contributed by atoms with E-state index in [4.69, 9.17) is 9.15 Å². The van der Waals surface area contributed by atoms with Crippen LogP contribution in [0.25, 0.3) is 17.0 Å². The molecule has 1 atom stereocenters. The summed E-state index contributed by atoms with van der Waals surface area (Å²) in [6.07, 6.45) is 4.02. The van der Waals surface area contributed by atoms with Crippen LogP contribution in [0.3, 0.4) is 0 Å². The highest BCUT2D eigenvalue weighted by Crippen LogP contribution is 2.42. The van der Waals surface area contributed by atoms with E-state index in [1.165, 1.54) is 6.42 Å². The lowest BCUT2D eigenvalue weighted by Gasteiger charge is -2.31. The van der Waals surface area contributed by atoms with Gasteiger partial charge in [-0.3, -0.25) is 9.69 Å². The Labute approximate surface area is 175 Å². The SMILES string of the molecule is Cc1cc(O)c(CN2CCC[C@H](C)C2)c2c1C(=O)/C(=C/c1cc3ccccc3o1)O2. The minimum absolute atomic E-state index is 0.170. The van der Waals surface area contributed by atoms with E-state index >= 15 is 0 Å². The third-order valence-corrected chi connectivity index (χ3v) is 6.06. The maximum Gasteiger partial charge on any atom is 0.232 e. The first kappa shape index (κ1) is 18.9. The number of carbonyl (C=O) groups is 1. The Morgan fingerprint density at radius 1 is 1.27 bits per heavy atom. The van der Waals surface area contributed by atoms with Crippen LogP contribution in [0.4, 0.5) is 0 Å². The summed E-state index contributed by atoms with van der Waals surface area (Å²) in [6.45, 7) is 6.63. The number of carbonyl (C=O) groups excluding carboxylic acids is 1. The first-order chi connectivity index (χ1) is 14.5. The molecule has 1 saturated heterocycles. The molecule has 0 unspecified atom stereocenters. The van der Waals surface area contributed by atoms with Crippen molar-refractivity contribution in [1.82, 2.24) is 4.90 Å². The second-order valence-electron chi connectivity index (χ2n) is 8.50. The molecular weight excluding hydrogens is 378 g/mol. The zero-order valence-corrected chi connectivity index (χ0v) is 17.3. The van der Waals surface area contributed by atoms with Crippen molar-refractivity contribution in [2.45, 2.75) is 33.2 Å². The molecule has 0 aliphatic carbocycles. The number of allylic oxidation sites excluding steroid dienone is 1. The maximum atomic E-state index is 13.1. The molecule has 0 saturated carbocycles. The van der Waals surface area contributed by atoms with Crippen LogP contribution in [-0.4, -0.2) is 28.9 Å². The topological polar surface area (TPSA) is 62.9 Å². The maximum absolute atomic E-state index is 13.1. The van der Waals surface area contributed by atoms with Gasteiger partial charge in [0.15, 0.2) is 5.76 Å². The van der Waals surface area contributed by atoms with Gasteiger partial charge in [0.1, 0.15) is 22.8 Å². The standard InChI is InChI=1S/C25H25NO4/c1-15-6-5-9-26(13-15)14-19-20(27)10-16(2)23-24(28)22(30-25(19)23)12-18-11-17-7-3-4-8-21(17)29-18/h3-4,7-8,10-12,15,27H,5-6,9,13-14H2,1-2H3/b22-12-/t15-/m0/s1. The van der Waals surface area contributed by atoms with Crippen LogP contribution in [-0.2, 0) is 6.54 Å². The molecule has 2 aromatic carbocycles. The lowest BCUT2D eigenvalue weighted by Crippen LogP contribution is -2.33. The zero-order valence-electron chi connectivity index (χ0n) is 17.3. The third kappa shape index (κ3) is 3.29. The van der Waals surface area contributed by atoms with Gasteiger partial charge in [0.2, 0.25) is 5.78 Å². The van der Waals surface area contributed by atoms with Gasteiger partial charge in [-0.1, -0.05) is 25.1 Å². The fourth-order valence-corrected chi connectivity index (χ4v) is 4.59. The van der Waals surface area contributed by atoms with Gasteiger partial charge in [0.25, 0.3) is 0 Å². The van der Waals surface area contributed by atoms with Crippen LogP contribution in [0.15, 0.2) is 46.6 Å². The van der Waals surface area contributed by atoms with Gasteiger partial charge in [-0.15, -0.1) is 0 Å². The molecule has 2 aliphatic heterocycles. The molecule has 5 rings (SSSR count). The molecule has 3 aromatic rings. The van der Waals surface area contributed by atoms with E-state index < -0.39 is 0 Å². The van der Waals surface area contributed by atoms with Gasteiger partial charge in [0, 0.05) is 24.6 Å². The Balaban J connectivity index is 1.50. The number of rotatable bonds is 3. The van der Waals surface area contributed by atoms with Crippen molar-refractivity contribution in [2.75, 3.05) is 13.1 Å². The fourth-order valence-electron chi connectivity index (χ4n) is 4.59. The summed E-state index contributed by atoms with van der Waals surface area (Å²) < 4.78 is 11.9. The second-order valence-corrected chi connectivity index (χ2v) is 8.50. The number of furan rings is 1. The molecule has 0 spiro atoms. The van der Waals surface area contributed by atoms with Crippen LogP contribution in [0.2, 0.25) is 0 Å². The number of fused-ring (bicyclic) bond motifs is 2. The number of likely N-dealkylation sites (tertiary alicyclic amines) is 1. The molecular formula is C25H25NO4. The van der Waals surface area contributed by atoms with Crippen molar-refractivity contribution in [3.8, 4) is 11.5 Å². The molecule has 5 nitrogen and oxygen atoms in total. The summed E-state index contributed by atoms with van der Waals surface area (Å²) >= 11 is 0. The number of aryl methyl sites for hydroxylation is 1. The second kappa shape index (κ2) is 7.33. The quantitative estimate of drug-likeness (QED) is 0.602. The number of phenols is 1. The smallest absolute Gasteiger partial charge is 0.232 e. The number of piperidine rings is 1. The molecule has 1 N–H and O–H groups in total. The number of phenolic OH excluding ortho intramolecular Hbond substituents is 1. The highest BCUT2D eigenvalue weighted by Gasteiger charge is 2.34. The number of nitrogens with zero attached hydrogens (tertiary/aromatic N) is 1. The number of hydrogen-bond donors (Lipinski definition) is 1. The van der Waals surface area contributed by atoms with Crippen LogP contribution in [0.1, 0.15) is 47.0 Å². The summed E-state index contributed by atoms with van der Waals surface area (Å²) in [6, 6.07) is 11.3. The molecule has 0 bridgehead atoms. The van der Waals surface area contributed by atoms with Crippen molar-refractivity contribution in [3.05, 3.63) is 64.6 Å². The molecule has 154 valence electrons. The van der Waals surface area contributed by atoms with E-state index in [-0.39, 0.29) is 17.3 Å². The molecule has 0 amide bonds. The lowest BCUT2D eigenvalue weighted by atomic mass is 9.97. The predicted octanol–water partition coefficient (Wildman–Crippen LogP) is 5.29. The Morgan fingerprint density at radius 2 is 2.10 bits per heavy atom. The highest BCUT2D eigenvalue weighted by atomic mass is 16.5. The molecule has 1 fully saturated rings. The van der Waals surface area contributed by atoms with Gasteiger partial charge < -0.3 is 14.3 Å². The number of ketones is 1. The van der Waals surface area contributed by atoms with E-state index in [2.05, 4.69) is 11.8 Å². The van der Waals surface area contributed by atoms with Crippen molar-refractivity contribution in [1.29, 1.82) is 0 Å². The monoisotopic (exact) mass is 403 g/mol. The summed E-state index contributed by atoms with van der Waals surface area (Å²) in [4.78, 5) is 15.4. The molecule has 30 heavy (non-hydrogen) atoms. The first-order valence-electron chi connectivity index (χ1n) is 10.5. The summed E-state index contributed by atoms with van der Waals surface area (Å²) in [7, 11) is 0. The number of ether oxygens (including phenoxy) is 1. The Hall–Kier alpha value is -3.05. The summed E-state index contributed by atoms with van der Waals surface area (Å²) in [5.41, 5.74) is 2.71. The minimum atomic E-state index is -0.170. The molecule has 3 heterocycles. The lowest BCUT2D eigenvalue weighted by molar-refractivity contribution is 0.101. The number of benzene rings is 2. The van der Waals surface area contributed by atoms with Gasteiger partial charge in [0.05, 0.1) is 11.1 Å². The average molecular weight is 403 g/mol. The number of hydrogen-bond acceptors (Lipinski definition) is 5. The number of Topliss-reactive ketones (excluding diaryl/α,β-unsaturated/α-hetero) is 1. The Kier molecular flexibility index (Phi) is 4.63. The number of aromatic hydroxyl groups is 1. The summed E-state index contributed by atoms with van der Waals surface area (Å²) in [5, 5.41) is 11.6. The normalized spacial score (nSPS) is 20.7. The van der Waals surface area contributed by atoms with E-state index in [0.717, 1.165) is 36.0 Å². The van der Waals surface area contributed by atoms with Crippen LogP contribution >= 0.6 is 0 Å². The van der Waals surface area contributed by atoms with Gasteiger partial charge in [-0.05, 0) is 56.0 Å². The summed E-state index contributed by atoms with van der Waals surface area (Å²) in [5.74, 6) is 1.92. The average Bonchev–Trinajstić information content (AvgIpc) is 3.26. The van der Waals surface area contributed by atoms with Crippen molar-refractivity contribution in [3.63, 3.8) is 0 Å². The molecule has 5 heteroatoms. The van der Waals surface area contributed by atoms with Crippen molar-refractivity contribution in [2.24, 2.45) is 5.92 Å². The van der Waals surface area contributed by atoms with E-state index in [1.807, 2.05) is 37.3 Å². The molecule has 2 aliphatic rings. The van der Waals surface area contributed by atoms with E-state index in [0.29, 0.717) is 35.1 Å². The molecule has 1 aromatic heterocycles.